The number of thiophene rings is 1. The topological polar surface area (TPSA) is 54.2 Å². The summed E-state index contributed by atoms with van der Waals surface area (Å²) < 4.78 is 5.75. The molecule has 3 aromatic heterocycles. The van der Waals surface area contributed by atoms with Crippen molar-refractivity contribution in [3.63, 3.8) is 0 Å². The summed E-state index contributed by atoms with van der Waals surface area (Å²) in [6.07, 6.45) is 4.25. The van der Waals surface area contributed by atoms with Gasteiger partial charge in [-0.25, -0.2) is 9.97 Å². The molecule has 0 amide bonds. The number of fused-ring (bicyclic) bond motifs is 1. The number of likely N-dealkylation sites (tertiary alicyclic amines) is 1. The average Bonchev–Trinajstić information content (AvgIpc) is 3.51. The van der Waals surface area contributed by atoms with Crippen LogP contribution in [0.15, 0.2) is 64.6 Å². The van der Waals surface area contributed by atoms with Crippen molar-refractivity contribution in [3.05, 3.63) is 65.9 Å². The van der Waals surface area contributed by atoms with Gasteiger partial charge in [0.15, 0.2) is 5.82 Å². The summed E-state index contributed by atoms with van der Waals surface area (Å²) in [4.78, 5) is 13.2. The Morgan fingerprint density at radius 3 is 2.71 bits per heavy atom. The van der Waals surface area contributed by atoms with Crippen LogP contribution in [0.1, 0.15) is 24.6 Å². The summed E-state index contributed by atoms with van der Waals surface area (Å²) in [6.45, 7) is 2.97. The SMILES string of the molecule is c1coc(C(CNc2nc(-c3cccs3)nc3ccccc23)N2CCCC2)c1. The molecule has 1 aliphatic rings. The number of nitrogens with one attached hydrogen (secondary N) is 1. The number of hydrogen-bond donors (Lipinski definition) is 1. The predicted octanol–water partition coefficient (Wildman–Crippen LogP) is 5.20. The summed E-state index contributed by atoms with van der Waals surface area (Å²) in [6, 6.07) is 16.5. The lowest BCUT2D eigenvalue weighted by molar-refractivity contribution is 0.225. The highest BCUT2D eigenvalue weighted by Gasteiger charge is 2.25. The molecule has 28 heavy (non-hydrogen) atoms. The van der Waals surface area contributed by atoms with Crippen LogP contribution < -0.4 is 5.32 Å². The average molecular weight is 391 g/mol. The third kappa shape index (κ3) is 3.41. The van der Waals surface area contributed by atoms with Gasteiger partial charge in [0.1, 0.15) is 11.6 Å². The maximum absolute atomic E-state index is 5.75. The van der Waals surface area contributed by atoms with Gasteiger partial charge < -0.3 is 9.73 Å². The maximum Gasteiger partial charge on any atom is 0.172 e. The van der Waals surface area contributed by atoms with E-state index in [0.717, 1.165) is 52.8 Å². The zero-order valence-corrected chi connectivity index (χ0v) is 16.4. The number of furan rings is 1. The summed E-state index contributed by atoms with van der Waals surface area (Å²) in [5, 5.41) is 6.71. The molecular weight excluding hydrogens is 368 g/mol. The van der Waals surface area contributed by atoms with Crippen LogP contribution in [-0.2, 0) is 0 Å². The van der Waals surface area contributed by atoms with Crippen molar-refractivity contribution in [2.75, 3.05) is 25.0 Å². The minimum absolute atomic E-state index is 0.205. The molecule has 0 radical (unpaired) electrons. The fraction of sp³-hybridized carbons (Fsp3) is 0.273. The molecule has 5 rings (SSSR count). The third-order valence-corrected chi connectivity index (χ3v) is 6.13. The molecule has 1 atom stereocenters. The Morgan fingerprint density at radius 2 is 1.93 bits per heavy atom. The Labute approximate surface area is 168 Å². The zero-order chi connectivity index (χ0) is 18.8. The molecule has 4 aromatic rings. The number of benzene rings is 1. The van der Waals surface area contributed by atoms with Gasteiger partial charge in [0.2, 0.25) is 0 Å². The van der Waals surface area contributed by atoms with E-state index < -0.39 is 0 Å². The van der Waals surface area contributed by atoms with Crippen molar-refractivity contribution in [2.45, 2.75) is 18.9 Å². The molecule has 1 N–H and O–H groups in total. The second kappa shape index (κ2) is 7.73. The molecule has 0 bridgehead atoms. The van der Waals surface area contributed by atoms with E-state index in [0.29, 0.717) is 0 Å². The summed E-state index contributed by atoms with van der Waals surface area (Å²) in [5.41, 5.74) is 0.958. The summed E-state index contributed by atoms with van der Waals surface area (Å²) in [7, 11) is 0. The van der Waals surface area contributed by atoms with Crippen LogP contribution in [0.2, 0.25) is 0 Å². The lowest BCUT2D eigenvalue weighted by Crippen LogP contribution is -2.31. The molecule has 0 saturated carbocycles. The van der Waals surface area contributed by atoms with Gasteiger partial charge in [0.25, 0.3) is 0 Å². The van der Waals surface area contributed by atoms with Crippen molar-refractivity contribution >= 4 is 28.1 Å². The lowest BCUT2D eigenvalue weighted by Gasteiger charge is -2.26. The first-order valence-corrected chi connectivity index (χ1v) is 10.6. The van der Waals surface area contributed by atoms with Crippen molar-refractivity contribution < 1.29 is 4.42 Å². The van der Waals surface area contributed by atoms with Crippen molar-refractivity contribution in [1.82, 2.24) is 14.9 Å². The third-order valence-electron chi connectivity index (χ3n) is 5.26. The van der Waals surface area contributed by atoms with Crippen LogP contribution >= 0.6 is 11.3 Å². The second-order valence-electron chi connectivity index (χ2n) is 7.05. The molecule has 142 valence electrons. The van der Waals surface area contributed by atoms with Crippen LogP contribution in [0.25, 0.3) is 21.6 Å². The zero-order valence-electron chi connectivity index (χ0n) is 15.5. The minimum Gasteiger partial charge on any atom is -0.468 e. The lowest BCUT2D eigenvalue weighted by atomic mass is 10.2. The molecule has 1 unspecified atom stereocenters. The normalized spacial score (nSPS) is 15.9. The number of rotatable bonds is 6. The highest BCUT2D eigenvalue weighted by Crippen LogP contribution is 2.30. The van der Waals surface area contributed by atoms with Crippen LogP contribution in [0.5, 0.6) is 0 Å². The summed E-state index contributed by atoms with van der Waals surface area (Å²) in [5.74, 6) is 2.66. The van der Waals surface area contributed by atoms with Crippen LogP contribution in [0.3, 0.4) is 0 Å². The molecule has 1 fully saturated rings. The van der Waals surface area contributed by atoms with E-state index in [9.17, 15) is 0 Å². The van der Waals surface area contributed by atoms with E-state index in [1.807, 2.05) is 30.3 Å². The quantitative estimate of drug-likeness (QED) is 0.490. The Kier molecular flexibility index (Phi) is 4.81. The first kappa shape index (κ1) is 17.4. The Balaban J connectivity index is 1.48. The highest BCUT2D eigenvalue weighted by atomic mass is 32.1. The molecule has 1 aromatic carbocycles. The second-order valence-corrected chi connectivity index (χ2v) is 7.99. The van der Waals surface area contributed by atoms with Gasteiger partial charge in [-0.15, -0.1) is 11.3 Å². The van der Waals surface area contributed by atoms with E-state index in [1.165, 1.54) is 12.8 Å². The van der Waals surface area contributed by atoms with Crippen molar-refractivity contribution in [1.29, 1.82) is 0 Å². The first-order chi connectivity index (χ1) is 13.9. The van der Waals surface area contributed by atoms with E-state index in [4.69, 9.17) is 14.4 Å². The minimum atomic E-state index is 0.205. The standard InChI is InChI=1S/C22H22N4OS/c1-2-8-17-16(7-1)21(25-22(24-17)20-10-6-14-28-20)23-15-18(19-9-5-13-27-19)26-11-3-4-12-26/h1-2,5-10,13-14,18H,3-4,11-12,15H2,(H,23,24,25). The number of aromatic nitrogens is 2. The number of hydrogen-bond acceptors (Lipinski definition) is 6. The van der Waals surface area contributed by atoms with Gasteiger partial charge in [-0.1, -0.05) is 18.2 Å². The van der Waals surface area contributed by atoms with Crippen molar-refractivity contribution in [2.24, 2.45) is 0 Å². The van der Waals surface area contributed by atoms with E-state index in [-0.39, 0.29) is 6.04 Å². The van der Waals surface area contributed by atoms with Gasteiger partial charge in [-0.2, -0.15) is 0 Å². The van der Waals surface area contributed by atoms with Crippen LogP contribution in [0.4, 0.5) is 5.82 Å². The summed E-state index contributed by atoms with van der Waals surface area (Å²) >= 11 is 1.66. The van der Waals surface area contributed by atoms with Crippen molar-refractivity contribution in [3.8, 4) is 10.7 Å². The van der Waals surface area contributed by atoms with Gasteiger partial charge in [-0.3, -0.25) is 4.90 Å². The van der Waals surface area contributed by atoms with Crippen LogP contribution in [-0.4, -0.2) is 34.5 Å². The first-order valence-electron chi connectivity index (χ1n) is 9.70. The number of nitrogens with zero attached hydrogens (tertiary/aromatic N) is 3. The molecule has 6 heteroatoms. The van der Waals surface area contributed by atoms with E-state index in [1.54, 1.807) is 17.6 Å². The maximum atomic E-state index is 5.75. The number of anilines is 1. The van der Waals surface area contributed by atoms with Gasteiger partial charge in [0.05, 0.1) is 22.7 Å². The monoisotopic (exact) mass is 390 g/mol. The van der Waals surface area contributed by atoms with Crippen LogP contribution in [0, 0.1) is 0 Å². The Bertz CT molecular complexity index is 1040. The molecule has 4 heterocycles. The Hall–Kier alpha value is -2.70. The predicted molar refractivity (Wildman–Crippen MR) is 114 cm³/mol. The molecule has 0 spiro atoms. The van der Waals surface area contributed by atoms with Gasteiger partial charge in [-0.05, 0) is 61.6 Å². The fourth-order valence-electron chi connectivity index (χ4n) is 3.86. The fourth-order valence-corrected chi connectivity index (χ4v) is 4.52. The molecule has 0 aliphatic carbocycles. The van der Waals surface area contributed by atoms with Gasteiger partial charge >= 0.3 is 0 Å². The smallest absolute Gasteiger partial charge is 0.172 e. The molecular formula is C22H22N4OS. The molecule has 1 saturated heterocycles. The van der Waals surface area contributed by atoms with E-state index in [2.05, 4.69) is 33.8 Å². The van der Waals surface area contributed by atoms with Gasteiger partial charge in [0, 0.05) is 11.9 Å². The Morgan fingerprint density at radius 1 is 1.04 bits per heavy atom. The number of para-hydroxylation sites is 1. The van der Waals surface area contributed by atoms with E-state index >= 15 is 0 Å². The molecule has 5 nitrogen and oxygen atoms in total. The highest BCUT2D eigenvalue weighted by molar-refractivity contribution is 7.13. The largest absolute Gasteiger partial charge is 0.468 e. The molecule has 1 aliphatic heterocycles.